The van der Waals surface area contributed by atoms with Gasteiger partial charge in [-0.15, -0.1) is 0 Å². The summed E-state index contributed by atoms with van der Waals surface area (Å²) in [5.41, 5.74) is 0. The van der Waals surface area contributed by atoms with E-state index in [0.29, 0.717) is 0 Å². The monoisotopic (exact) mass is 328 g/mol. The first-order chi connectivity index (χ1) is 11.1. The SMILES string of the molecule is CC(COC(=O)OC1CCCCC1)OC(=O)OC1CCCCC1. The van der Waals surface area contributed by atoms with Crippen molar-refractivity contribution in [2.75, 3.05) is 6.61 Å². The van der Waals surface area contributed by atoms with E-state index in [1.54, 1.807) is 6.92 Å². The fourth-order valence-corrected chi connectivity index (χ4v) is 3.08. The normalized spacial score (nSPS) is 21.3. The number of carbonyl (C=O) groups excluding carboxylic acids is 2. The molecule has 132 valence electrons. The van der Waals surface area contributed by atoms with Crippen LogP contribution in [0.3, 0.4) is 0 Å². The van der Waals surface area contributed by atoms with Gasteiger partial charge in [0.05, 0.1) is 0 Å². The quantitative estimate of drug-likeness (QED) is 0.699. The van der Waals surface area contributed by atoms with Gasteiger partial charge >= 0.3 is 12.3 Å². The lowest BCUT2D eigenvalue weighted by molar-refractivity contribution is -0.0376. The molecule has 0 amide bonds. The first-order valence-corrected chi connectivity index (χ1v) is 8.84. The van der Waals surface area contributed by atoms with E-state index in [1.807, 2.05) is 0 Å². The fourth-order valence-electron chi connectivity index (χ4n) is 3.08. The average molecular weight is 328 g/mol. The van der Waals surface area contributed by atoms with E-state index in [0.717, 1.165) is 51.4 Å². The van der Waals surface area contributed by atoms with Crippen molar-refractivity contribution < 1.29 is 28.5 Å². The van der Waals surface area contributed by atoms with Gasteiger partial charge in [0.2, 0.25) is 0 Å². The highest BCUT2D eigenvalue weighted by molar-refractivity contribution is 5.61. The minimum atomic E-state index is -0.687. The minimum absolute atomic E-state index is 0.0225. The summed E-state index contributed by atoms with van der Waals surface area (Å²) in [7, 11) is 0. The molecule has 0 N–H and O–H groups in total. The molecule has 0 aromatic rings. The molecule has 23 heavy (non-hydrogen) atoms. The van der Waals surface area contributed by atoms with Crippen LogP contribution >= 0.6 is 0 Å². The molecule has 0 saturated heterocycles. The molecule has 2 fully saturated rings. The zero-order valence-electron chi connectivity index (χ0n) is 14.0. The molecule has 0 aromatic carbocycles. The van der Waals surface area contributed by atoms with E-state index in [4.69, 9.17) is 18.9 Å². The van der Waals surface area contributed by atoms with Crippen molar-refractivity contribution >= 4 is 12.3 Å². The Balaban J connectivity index is 1.57. The van der Waals surface area contributed by atoms with Crippen LogP contribution in [0.4, 0.5) is 9.59 Å². The molecule has 6 heteroatoms. The molecule has 2 aliphatic rings. The zero-order chi connectivity index (χ0) is 16.5. The molecular formula is C17H28O6. The highest BCUT2D eigenvalue weighted by Gasteiger charge is 2.22. The van der Waals surface area contributed by atoms with E-state index in [2.05, 4.69) is 0 Å². The molecule has 0 bridgehead atoms. The molecule has 2 aliphatic carbocycles. The third-order valence-corrected chi connectivity index (χ3v) is 4.36. The average Bonchev–Trinajstić information content (AvgIpc) is 2.55. The van der Waals surface area contributed by atoms with Crippen molar-refractivity contribution in [3.8, 4) is 0 Å². The van der Waals surface area contributed by atoms with Gasteiger partial charge in [-0.25, -0.2) is 9.59 Å². The first-order valence-electron chi connectivity index (χ1n) is 8.84. The molecule has 2 saturated carbocycles. The van der Waals surface area contributed by atoms with Gasteiger partial charge in [-0.1, -0.05) is 12.8 Å². The summed E-state index contributed by atoms with van der Waals surface area (Å²) >= 11 is 0. The standard InChI is InChI=1S/C17H28O6/c1-13(21-17(19)23-15-10-6-3-7-11-15)12-20-16(18)22-14-8-4-2-5-9-14/h13-15H,2-12H2,1H3. The number of hydrogen-bond donors (Lipinski definition) is 0. The number of hydrogen-bond acceptors (Lipinski definition) is 6. The lowest BCUT2D eigenvalue weighted by Crippen LogP contribution is -2.28. The van der Waals surface area contributed by atoms with Gasteiger partial charge in [0.1, 0.15) is 24.9 Å². The van der Waals surface area contributed by atoms with Crippen LogP contribution in [-0.2, 0) is 18.9 Å². The Bertz CT molecular complexity index is 371. The number of ether oxygens (including phenoxy) is 4. The second-order valence-corrected chi connectivity index (χ2v) is 6.50. The van der Waals surface area contributed by atoms with Gasteiger partial charge in [-0.2, -0.15) is 0 Å². The van der Waals surface area contributed by atoms with Crippen molar-refractivity contribution in [3.63, 3.8) is 0 Å². The minimum Gasteiger partial charge on any atom is -0.431 e. The van der Waals surface area contributed by atoms with Crippen LogP contribution in [0, 0.1) is 0 Å². The van der Waals surface area contributed by atoms with Gasteiger partial charge in [-0.3, -0.25) is 0 Å². The maximum Gasteiger partial charge on any atom is 0.508 e. The maximum atomic E-state index is 11.7. The molecule has 0 heterocycles. The predicted molar refractivity (Wildman–Crippen MR) is 83.2 cm³/mol. The molecule has 2 rings (SSSR count). The van der Waals surface area contributed by atoms with Crippen molar-refractivity contribution in [2.24, 2.45) is 0 Å². The second kappa shape index (κ2) is 9.63. The Labute approximate surface area is 137 Å². The van der Waals surface area contributed by atoms with E-state index in [9.17, 15) is 9.59 Å². The van der Waals surface area contributed by atoms with Gasteiger partial charge in [-0.05, 0) is 58.3 Å². The summed E-state index contributed by atoms with van der Waals surface area (Å²) in [6, 6.07) is 0. The van der Waals surface area contributed by atoms with Crippen LogP contribution in [0.1, 0.15) is 71.1 Å². The topological polar surface area (TPSA) is 71.1 Å². The van der Waals surface area contributed by atoms with E-state index >= 15 is 0 Å². The Morgan fingerprint density at radius 2 is 1.30 bits per heavy atom. The molecular weight excluding hydrogens is 300 g/mol. The molecule has 0 aliphatic heterocycles. The van der Waals surface area contributed by atoms with Crippen LogP contribution < -0.4 is 0 Å². The van der Waals surface area contributed by atoms with E-state index in [1.165, 1.54) is 12.8 Å². The van der Waals surface area contributed by atoms with Crippen molar-refractivity contribution in [2.45, 2.75) is 89.4 Å². The third kappa shape index (κ3) is 7.10. The Morgan fingerprint density at radius 1 is 0.826 bits per heavy atom. The van der Waals surface area contributed by atoms with Crippen LogP contribution in [0.25, 0.3) is 0 Å². The largest absolute Gasteiger partial charge is 0.508 e. The van der Waals surface area contributed by atoms with Gasteiger partial charge in [0.15, 0.2) is 0 Å². The molecule has 1 atom stereocenters. The molecule has 6 nitrogen and oxygen atoms in total. The molecule has 0 aromatic heterocycles. The number of carbonyl (C=O) groups is 2. The summed E-state index contributed by atoms with van der Waals surface area (Å²) in [6.45, 7) is 1.64. The van der Waals surface area contributed by atoms with Crippen LogP contribution in [0.5, 0.6) is 0 Å². The van der Waals surface area contributed by atoms with Crippen LogP contribution in [0.2, 0.25) is 0 Å². The Hall–Kier alpha value is -1.46. The maximum absolute atomic E-state index is 11.7. The summed E-state index contributed by atoms with van der Waals surface area (Å²) in [6.07, 6.45) is 8.33. The van der Waals surface area contributed by atoms with Crippen molar-refractivity contribution in [1.29, 1.82) is 0 Å². The van der Waals surface area contributed by atoms with E-state index < -0.39 is 18.4 Å². The lowest BCUT2D eigenvalue weighted by Gasteiger charge is -2.23. The lowest BCUT2D eigenvalue weighted by atomic mass is 9.98. The first kappa shape index (κ1) is 17.9. The van der Waals surface area contributed by atoms with Crippen LogP contribution in [0.15, 0.2) is 0 Å². The Morgan fingerprint density at radius 3 is 1.83 bits per heavy atom. The predicted octanol–water partition coefficient (Wildman–Crippen LogP) is 4.35. The van der Waals surface area contributed by atoms with Gasteiger partial charge in [0, 0.05) is 0 Å². The smallest absolute Gasteiger partial charge is 0.431 e. The Kier molecular flexibility index (Phi) is 7.49. The van der Waals surface area contributed by atoms with Crippen molar-refractivity contribution in [3.05, 3.63) is 0 Å². The van der Waals surface area contributed by atoms with Gasteiger partial charge < -0.3 is 18.9 Å². The molecule has 0 radical (unpaired) electrons. The molecule has 0 spiro atoms. The second-order valence-electron chi connectivity index (χ2n) is 6.50. The van der Waals surface area contributed by atoms with Gasteiger partial charge in [0.25, 0.3) is 0 Å². The van der Waals surface area contributed by atoms with Crippen molar-refractivity contribution in [1.82, 2.24) is 0 Å². The third-order valence-electron chi connectivity index (χ3n) is 4.36. The van der Waals surface area contributed by atoms with Crippen LogP contribution in [-0.4, -0.2) is 37.2 Å². The number of rotatable bonds is 5. The summed E-state index contributed by atoms with van der Waals surface area (Å²) in [5.74, 6) is 0. The zero-order valence-corrected chi connectivity index (χ0v) is 14.0. The molecule has 1 unspecified atom stereocenters. The fraction of sp³-hybridized carbons (Fsp3) is 0.882. The summed E-state index contributed by atoms with van der Waals surface area (Å²) in [4.78, 5) is 23.3. The highest BCUT2D eigenvalue weighted by atomic mass is 16.8. The van der Waals surface area contributed by atoms with E-state index in [-0.39, 0.29) is 18.8 Å². The summed E-state index contributed by atoms with van der Waals surface area (Å²) in [5, 5.41) is 0. The highest BCUT2D eigenvalue weighted by Crippen LogP contribution is 2.21. The summed E-state index contributed by atoms with van der Waals surface area (Å²) < 4.78 is 20.6.